The second-order valence-corrected chi connectivity index (χ2v) is 5.07. The molecule has 0 aliphatic heterocycles. The number of aryl methyl sites for hydroxylation is 2. The van der Waals surface area contributed by atoms with E-state index in [0.717, 1.165) is 32.2 Å². The number of ether oxygens (including phenoxy) is 1. The molecule has 0 bridgehead atoms. The summed E-state index contributed by atoms with van der Waals surface area (Å²) in [6.07, 6.45) is 6.02. The van der Waals surface area contributed by atoms with E-state index >= 15 is 0 Å². The highest BCUT2D eigenvalue weighted by Crippen LogP contribution is 2.27. The largest absolute Gasteiger partial charge is 0.377 e. The summed E-state index contributed by atoms with van der Waals surface area (Å²) in [7, 11) is 3.84. The molecule has 0 amide bonds. The van der Waals surface area contributed by atoms with E-state index in [2.05, 4.69) is 37.3 Å². The smallest absolute Gasteiger partial charge is 0.0825 e. The second-order valence-electron chi connectivity index (χ2n) is 5.07. The van der Waals surface area contributed by atoms with E-state index in [1.165, 1.54) is 5.69 Å². The number of aromatic nitrogens is 2. The van der Waals surface area contributed by atoms with Crippen LogP contribution >= 0.6 is 0 Å². The van der Waals surface area contributed by atoms with Crippen molar-refractivity contribution in [2.75, 3.05) is 13.7 Å². The van der Waals surface area contributed by atoms with E-state index in [1.807, 2.05) is 25.0 Å². The molecule has 4 heteroatoms. The van der Waals surface area contributed by atoms with Crippen molar-refractivity contribution < 1.29 is 4.74 Å². The van der Waals surface area contributed by atoms with Crippen molar-refractivity contribution >= 4 is 0 Å². The van der Waals surface area contributed by atoms with Gasteiger partial charge in [-0.2, -0.15) is 5.10 Å². The fourth-order valence-corrected chi connectivity index (χ4v) is 2.91. The van der Waals surface area contributed by atoms with Crippen LogP contribution in [-0.4, -0.2) is 35.1 Å². The Balaban J connectivity index is 2.74. The summed E-state index contributed by atoms with van der Waals surface area (Å²) in [5, 5.41) is 7.83. The summed E-state index contributed by atoms with van der Waals surface area (Å²) in [5.41, 5.74) is 1.22. The molecule has 0 spiro atoms. The SMILES string of the molecule is CCNC(CCc1ccnn1C)C(CC)(CC)OC. The summed E-state index contributed by atoms with van der Waals surface area (Å²) in [6, 6.07) is 2.47. The molecule has 1 unspecified atom stereocenters. The minimum atomic E-state index is -0.0609. The third-order valence-electron chi connectivity index (χ3n) is 4.30. The zero-order chi connectivity index (χ0) is 14.3. The number of methoxy groups -OCH3 is 1. The topological polar surface area (TPSA) is 39.1 Å². The maximum absolute atomic E-state index is 5.87. The van der Waals surface area contributed by atoms with E-state index in [1.54, 1.807) is 0 Å². The van der Waals surface area contributed by atoms with Crippen LogP contribution in [0.25, 0.3) is 0 Å². The predicted octanol–water partition coefficient (Wildman–Crippen LogP) is 2.54. The molecule has 110 valence electrons. The van der Waals surface area contributed by atoms with Crippen molar-refractivity contribution in [3.05, 3.63) is 18.0 Å². The second kappa shape index (κ2) is 7.65. The quantitative estimate of drug-likeness (QED) is 0.747. The molecule has 0 radical (unpaired) electrons. The molecule has 0 saturated carbocycles. The van der Waals surface area contributed by atoms with Crippen molar-refractivity contribution in [3.63, 3.8) is 0 Å². The van der Waals surface area contributed by atoms with Crippen LogP contribution in [0, 0.1) is 0 Å². The van der Waals surface area contributed by atoms with Crippen LogP contribution < -0.4 is 5.32 Å². The number of hydrogen-bond acceptors (Lipinski definition) is 3. The monoisotopic (exact) mass is 267 g/mol. The Morgan fingerprint density at radius 3 is 2.47 bits per heavy atom. The number of nitrogens with one attached hydrogen (secondary N) is 1. The zero-order valence-corrected chi connectivity index (χ0v) is 13.1. The molecule has 0 saturated heterocycles. The highest BCUT2D eigenvalue weighted by molar-refractivity contribution is 5.02. The van der Waals surface area contributed by atoms with Gasteiger partial charge in [0.2, 0.25) is 0 Å². The molecule has 1 rings (SSSR count). The Kier molecular flexibility index (Phi) is 6.52. The number of likely N-dealkylation sites (N-methyl/N-ethyl adjacent to an activating group) is 1. The van der Waals surface area contributed by atoms with Crippen LogP contribution in [0.15, 0.2) is 12.3 Å². The lowest BCUT2D eigenvalue weighted by molar-refractivity contribution is -0.0490. The van der Waals surface area contributed by atoms with Crippen LogP contribution in [0.5, 0.6) is 0 Å². The average molecular weight is 267 g/mol. The first-order valence-electron chi connectivity index (χ1n) is 7.38. The number of hydrogen-bond donors (Lipinski definition) is 1. The Morgan fingerprint density at radius 2 is 2.05 bits per heavy atom. The minimum Gasteiger partial charge on any atom is -0.377 e. The van der Waals surface area contributed by atoms with Gasteiger partial charge < -0.3 is 10.1 Å². The van der Waals surface area contributed by atoms with Crippen molar-refractivity contribution in [2.45, 2.75) is 58.1 Å². The summed E-state index contributed by atoms with van der Waals surface area (Å²) < 4.78 is 7.82. The van der Waals surface area contributed by atoms with Crippen LogP contribution in [0.4, 0.5) is 0 Å². The van der Waals surface area contributed by atoms with E-state index in [4.69, 9.17) is 4.74 Å². The Hall–Kier alpha value is -0.870. The molecule has 1 heterocycles. The molecule has 1 N–H and O–H groups in total. The zero-order valence-electron chi connectivity index (χ0n) is 13.1. The lowest BCUT2D eigenvalue weighted by Crippen LogP contribution is -2.51. The Labute approximate surface area is 117 Å². The van der Waals surface area contributed by atoms with Gasteiger partial charge in [-0.25, -0.2) is 0 Å². The maximum atomic E-state index is 5.87. The molecule has 1 atom stereocenters. The molecule has 1 aromatic rings. The van der Waals surface area contributed by atoms with Crippen molar-refractivity contribution in [2.24, 2.45) is 7.05 Å². The molecular weight excluding hydrogens is 238 g/mol. The first-order valence-corrected chi connectivity index (χ1v) is 7.38. The van der Waals surface area contributed by atoms with Crippen molar-refractivity contribution in [1.29, 1.82) is 0 Å². The minimum absolute atomic E-state index is 0.0609. The van der Waals surface area contributed by atoms with Gasteiger partial charge in [0, 0.05) is 32.1 Å². The molecular formula is C15H29N3O. The number of rotatable bonds is 9. The molecule has 19 heavy (non-hydrogen) atoms. The third-order valence-corrected chi connectivity index (χ3v) is 4.30. The lowest BCUT2D eigenvalue weighted by Gasteiger charge is -2.39. The van der Waals surface area contributed by atoms with E-state index < -0.39 is 0 Å². The van der Waals surface area contributed by atoms with Crippen LogP contribution in [0.2, 0.25) is 0 Å². The van der Waals surface area contributed by atoms with Gasteiger partial charge in [-0.15, -0.1) is 0 Å². The molecule has 4 nitrogen and oxygen atoms in total. The summed E-state index contributed by atoms with van der Waals surface area (Å²) in [6.45, 7) is 7.55. The summed E-state index contributed by atoms with van der Waals surface area (Å²) in [5.74, 6) is 0. The van der Waals surface area contributed by atoms with E-state index in [9.17, 15) is 0 Å². The average Bonchev–Trinajstić information content (AvgIpc) is 2.84. The van der Waals surface area contributed by atoms with Crippen molar-refractivity contribution in [1.82, 2.24) is 15.1 Å². The van der Waals surface area contributed by atoms with Gasteiger partial charge in [0.25, 0.3) is 0 Å². The van der Waals surface area contributed by atoms with Gasteiger partial charge in [0.1, 0.15) is 0 Å². The standard InChI is InChI=1S/C15H29N3O/c1-6-15(7-2,19-5)14(16-8-3)10-9-13-11-12-17-18(13)4/h11-12,14,16H,6-10H2,1-5H3. The normalized spacial score (nSPS) is 13.7. The van der Waals surface area contributed by atoms with E-state index in [-0.39, 0.29) is 5.60 Å². The summed E-state index contributed by atoms with van der Waals surface area (Å²) >= 11 is 0. The van der Waals surface area contributed by atoms with Gasteiger partial charge in [0.05, 0.1) is 5.60 Å². The molecule has 0 fully saturated rings. The van der Waals surface area contributed by atoms with Gasteiger partial charge in [0.15, 0.2) is 0 Å². The predicted molar refractivity (Wildman–Crippen MR) is 79.3 cm³/mol. The van der Waals surface area contributed by atoms with Crippen LogP contribution in [0.1, 0.15) is 45.7 Å². The maximum Gasteiger partial charge on any atom is 0.0825 e. The Bertz CT molecular complexity index is 350. The van der Waals surface area contributed by atoms with Crippen molar-refractivity contribution in [3.8, 4) is 0 Å². The first-order chi connectivity index (χ1) is 9.13. The molecule has 0 aliphatic rings. The highest BCUT2D eigenvalue weighted by atomic mass is 16.5. The fourth-order valence-electron chi connectivity index (χ4n) is 2.91. The fraction of sp³-hybridized carbons (Fsp3) is 0.800. The molecule has 1 aromatic heterocycles. The summed E-state index contributed by atoms with van der Waals surface area (Å²) in [4.78, 5) is 0. The van der Waals surface area contributed by atoms with Crippen LogP contribution in [0.3, 0.4) is 0 Å². The van der Waals surface area contributed by atoms with Gasteiger partial charge in [-0.1, -0.05) is 20.8 Å². The van der Waals surface area contributed by atoms with E-state index in [0.29, 0.717) is 6.04 Å². The van der Waals surface area contributed by atoms with Gasteiger partial charge in [-0.3, -0.25) is 4.68 Å². The van der Waals surface area contributed by atoms with Gasteiger partial charge in [-0.05, 0) is 38.3 Å². The lowest BCUT2D eigenvalue weighted by atomic mass is 9.85. The first kappa shape index (κ1) is 16.2. The third kappa shape index (κ3) is 3.80. The molecule has 0 aromatic carbocycles. The Morgan fingerprint density at radius 1 is 1.37 bits per heavy atom. The van der Waals surface area contributed by atoms with Gasteiger partial charge >= 0.3 is 0 Å². The number of nitrogens with zero attached hydrogens (tertiary/aromatic N) is 2. The molecule has 0 aliphatic carbocycles. The van der Waals surface area contributed by atoms with Crippen LogP contribution in [-0.2, 0) is 18.2 Å². The highest BCUT2D eigenvalue weighted by Gasteiger charge is 2.34.